The molecule has 0 saturated carbocycles. The monoisotopic (exact) mass is 260 g/mol. The molecule has 0 aromatic rings. The van der Waals surface area contributed by atoms with Crippen molar-refractivity contribution < 1.29 is 19.4 Å². The lowest BCUT2D eigenvalue weighted by molar-refractivity contribution is -0.139. The SMILES string of the molecule is COCCC(N)C(=O)N(CCCC(=O)O)C(C)C. The first-order valence-corrected chi connectivity index (χ1v) is 6.17. The van der Waals surface area contributed by atoms with Crippen molar-refractivity contribution in [3.63, 3.8) is 0 Å². The van der Waals surface area contributed by atoms with Crippen LogP contribution in [0, 0.1) is 0 Å². The molecule has 0 aliphatic carbocycles. The van der Waals surface area contributed by atoms with Gasteiger partial charge in [0, 0.05) is 32.7 Å². The fraction of sp³-hybridized carbons (Fsp3) is 0.833. The number of aliphatic carboxylic acids is 1. The molecule has 0 rings (SSSR count). The molecule has 6 heteroatoms. The van der Waals surface area contributed by atoms with Gasteiger partial charge in [-0.15, -0.1) is 0 Å². The highest BCUT2D eigenvalue weighted by Gasteiger charge is 2.22. The van der Waals surface area contributed by atoms with Crippen molar-refractivity contribution in [2.45, 2.75) is 45.2 Å². The van der Waals surface area contributed by atoms with Crippen molar-refractivity contribution in [3.05, 3.63) is 0 Å². The topological polar surface area (TPSA) is 92.9 Å². The van der Waals surface area contributed by atoms with E-state index in [0.717, 1.165) is 0 Å². The zero-order valence-corrected chi connectivity index (χ0v) is 11.4. The number of hydrogen-bond acceptors (Lipinski definition) is 4. The Labute approximate surface area is 108 Å². The van der Waals surface area contributed by atoms with Crippen LogP contribution in [0.3, 0.4) is 0 Å². The van der Waals surface area contributed by atoms with Crippen LogP contribution < -0.4 is 5.73 Å². The fourth-order valence-corrected chi connectivity index (χ4v) is 1.60. The molecular formula is C12H24N2O4. The second-order valence-electron chi connectivity index (χ2n) is 4.51. The van der Waals surface area contributed by atoms with E-state index in [1.807, 2.05) is 13.8 Å². The highest BCUT2D eigenvalue weighted by molar-refractivity contribution is 5.81. The number of carbonyl (C=O) groups excluding carboxylic acids is 1. The van der Waals surface area contributed by atoms with Crippen LogP contribution >= 0.6 is 0 Å². The van der Waals surface area contributed by atoms with Gasteiger partial charge < -0.3 is 20.5 Å². The minimum Gasteiger partial charge on any atom is -0.481 e. The van der Waals surface area contributed by atoms with Crippen molar-refractivity contribution >= 4 is 11.9 Å². The summed E-state index contributed by atoms with van der Waals surface area (Å²) in [6, 6.07) is -0.572. The van der Waals surface area contributed by atoms with Crippen molar-refractivity contribution in [2.24, 2.45) is 5.73 Å². The third-order valence-electron chi connectivity index (χ3n) is 2.65. The summed E-state index contributed by atoms with van der Waals surface area (Å²) in [4.78, 5) is 24.1. The Hall–Kier alpha value is -1.14. The predicted molar refractivity (Wildman–Crippen MR) is 68.2 cm³/mol. The number of nitrogens with zero attached hydrogens (tertiary/aromatic N) is 1. The normalized spacial score (nSPS) is 12.5. The standard InChI is InChI=1S/C12H24N2O4/c1-9(2)14(7-4-5-11(15)16)12(17)10(13)6-8-18-3/h9-10H,4-8,13H2,1-3H3,(H,15,16). The third-order valence-corrected chi connectivity index (χ3v) is 2.65. The number of carboxylic acid groups (broad SMARTS) is 1. The van der Waals surface area contributed by atoms with E-state index in [9.17, 15) is 9.59 Å². The van der Waals surface area contributed by atoms with E-state index in [1.165, 1.54) is 0 Å². The second kappa shape index (κ2) is 8.88. The Kier molecular flexibility index (Phi) is 8.32. The molecular weight excluding hydrogens is 236 g/mol. The molecule has 0 radical (unpaired) electrons. The summed E-state index contributed by atoms with van der Waals surface area (Å²) < 4.78 is 4.89. The molecule has 1 unspecified atom stereocenters. The van der Waals surface area contributed by atoms with Gasteiger partial charge in [-0.05, 0) is 26.7 Å². The van der Waals surface area contributed by atoms with Gasteiger partial charge in [0.2, 0.25) is 5.91 Å². The Morgan fingerprint density at radius 1 is 1.39 bits per heavy atom. The van der Waals surface area contributed by atoms with Crippen molar-refractivity contribution in [1.82, 2.24) is 4.90 Å². The van der Waals surface area contributed by atoms with Crippen LogP contribution in [-0.2, 0) is 14.3 Å². The van der Waals surface area contributed by atoms with Crippen LogP contribution in [-0.4, -0.2) is 54.2 Å². The zero-order chi connectivity index (χ0) is 14.1. The lowest BCUT2D eigenvalue weighted by Gasteiger charge is -2.29. The minimum absolute atomic E-state index is 0.0138. The molecule has 0 fully saturated rings. The molecule has 0 heterocycles. The highest BCUT2D eigenvalue weighted by Crippen LogP contribution is 2.06. The van der Waals surface area contributed by atoms with Gasteiger partial charge >= 0.3 is 5.97 Å². The van der Waals surface area contributed by atoms with E-state index >= 15 is 0 Å². The Balaban J connectivity index is 4.30. The van der Waals surface area contributed by atoms with E-state index in [-0.39, 0.29) is 18.4 Å². The molecule has 0 saturated heterocycles. The summed E-state index contributed by atoms with van der Waals surface area (Å²) in [5.41, 5.74) is 5.79. The fourth-order valence-electron chi connectivity index (χ4n) is 1.60. The van der Waals surface area contributed by atoms with Crippen LogP contribution in [0.5, 0.6) is 0 Å². The molecule has 0 aromatic heterocycles. The van der Waals surface area contributed by atoms with Crippen LogP contribution in [0.15, 0.2) is 0 Å². The summed E-state index contributed by atoms with van der Waals surface area (Å²) in [6.45, 7) is 4.64. The molecule has 18 heavy (non-hydrogen) atoms. The molecule has 1 atom stereocenters. The van der Waals surface area contributed by atoms with Crippen LogP contribution in [0.1, 0.15) is 33.1 Å². The van der Waals surface area contributed by atoms with Gasteiger partial charge in [0.05, 0.1) is 6.04 Å². The Morgan fingerprint density at radius 3 is 2.44 bits per heavy atom. The zero-order valence-electron chi connectivity index (χ0n) is 11.4. The maximum absolute atomic E-state index is 12.1. The van der Waals surface area contributed by atoms with Crippen molar-refractivity contribution in [1.29, 1.82) is 0 Å². The van der Waals surface area contributed by atoms with Crippen molar-refractivity contribution in [2.75, 3.05) is 20.3 Å². The average molecular weight is 260 g/mol. The quantitative estimate of drug-likeness (QED) is 0.628. The molecule has 1 amide bonds. The van der Waals surface area contributed by atoms with Crippen LogP contribution in [0.2, 0.25) is 0 Å². The van der Waals surface area contributed by atoms with E-state index in [2.05, 4.69) is 0 Å². The first-order valence-electron chi connectivity index (χ1n) is 6.17. The summed E-state index contributed by atoms with van der Waals surface area (Å²) in [5, 5.41) is 8.58. The number of ether oxygens (including phenoxy) is 1. The van der Waals surface area contributed by atoms with Gasteiger partial charge in [-0.25, -0.2) is 0 Å². The number of nitrogens with two attached hydrogens (primary N) is 1. The largest absolute Gasteiger partial charge is 0.481 e. The molecule has 6 nitrogen and oxygen atoms in total. The van der Waals surface area contributed by atoms with E-state index < -0.39 is 12.0 Å². The maximum Gasteiger partial charge on any atom is 0.303 e. The molecule has 0 aliphatic heterocycles. The molecule has 106 valence electrons. The first-order chi connectivity index (χ1) is 8.40. The molecule has 0 aliphatic rings. The number of methoxy groups -OCH3 is 1. The molecule has 0 aromatic carbocycles. The second-order valence-corrected chi connectivity index (χ2v) is 4.51. The van der Waals surface area contributed by atoms with Gasteiger partial charge in [0.15, 0.2) is 0 Å². The molecule has 3 N–H and O–H groups in total. The number of amides is 1. The Morgan fingerprint density at radius 2 is 2.00 bits per heavy atom. The van der Waals surface area contributed by atoms with Gasteiger partial charge in [-0.2, -0.15) is 0 Å². The van der Waals surface area contributed by atoms with Gasteiger partial charge in [0.25, 0.3) is 0 Å². The number of hydrogen-bond donors (Lipinski definition) is 2. The predicted octanol–water partition coefficient (Wildman–Crippen LogP) is 0.452. The summed E-state index contributed by atoms with van der Waals surface area (Å²) in [7, 11) is 1.56. The number of rotatable bonds is 9. The summed E-state index contributed by atoms with van der Waals surface area (Å²) >= 11 is 0. The lowest BCUT2D eigenvalue weighted by Crippen LogP contribution is -2.47. The molecule has 0 spiro atoms. The minimum atomic E-state index is -0.852. The van der Waals surface area contributed by atoms with E-state index in [0.29, 0.717) is 26.0 Å². The van der Waals surface area contributed by atoms with Crippen LogP contribution in [0.4, 0.5) is 0 Å². The van der Waals surface area contributed by atoms with Gasteiger partial charge in [-0.3, -0.25) is 9.59 Å². The van der Waals surface area contributed by atoms with Crippen molar-refractivity contribution in [3.8, 4) is 0 Å². The smallest absolute Gasteiger partial charge is 0.303 e. The third kappa shape index (κ3) is 6.56. The van der Waals surface area contributed by atoms with Gasteiger partial charge in [0.1, 0.15) is 0 Å². The van der Waals surface area contributed by atoms with Crippen LogP contribution in [0.25, 0.3) is 0 Å². The highest BCUT2D eigenvalue weighted by atomic mass is 16.5. The average Bonchev–Trinajstić information content (AvgIpc) is 2.30. The van der Waals surface area contributed by atoms with Gasteiger partial charge in [-0.1, -0.05) is 0 Å². The first kappa shape index (κ1) is 16.9. The molecule has 0 bridgehead atoms. The Bertz CT molecular complexity index is 269. The van der Waals surface area contributed by atoms with E-state index in [4.69, 9.17) is 15.6 Å². The number of carbonyl (C=O) groups is 2. The van der Waals surface area contributed by atoms with E-state index in [1.54, 1.807) is 12.0 Å². The summed E-state index contributed by atoms with van der Waals surface area (Å²) in [5.74, 6) is -0.998. The maximum atomic E-state index is 12.1. The lowest BCUT2D eigenvalue weighted by atomic mass is 10.1. The number of carboxylic acids is 1. The summed E-state index contributed by atoms with van der Waals surface area (Å²) in [6.07, 6.45) is 0.970.